The molecule has 3 aromatic rings. The highest BCUT2D eigenvalue weighted by atomic mass is 16.2. The number of benzene rings is 2. The SMILES string of the molecule is O=C(NCc1ccccn1)C1C(=O)NNC(c2ccccc2)C1c1ccccc1. The quantitative estimate of drug-likeness (QED) is 0.589. The van der Waals surface area contributed by atoms with Gasteiger partial charge in [0.2, 0.25) is 11.8 Å². The minimum absolute atomic E-state index is 0.234. The van der Waals surface area contributed by atoms with Crippen molar-refractivity contribution in [1.82, 2.24) is 21.2 Å². The van der Waals surface area contributed by atoms with Crippen LogP contribution in [0.15, 0.2) is 85.1 Å². The van der Waals surface area contributed by atoms with Gasteiger partial charge >= 0.3 is 0 Å². The molecule has 1 fully saturated rings. The van der Waals surface area contributed by atoms with Gasteiger partial charge in [0.1, 0.15) is 5.92 Å². The Hall–Kier alpha value is -3.51. The Morgan fingerprint density at radius 1 is 0.897 bits per heavy atom. The van der Waals surface area contributed by atoms with Crippen molar-refractivity contribution in [2.24, 2.45) is 5.92 Å². The zero-order valence-electron chi connectivity index (χ0n) is 15.8. The van der Waals surface area contributed by atoms with Crippen molar-refractivity contribution in [2.45, 2.75) is 18.5 Å². The van der Waals surface area contributed by atoms with Crippen LogP contribution in [0.3, 0.4) is 0 Å². The van der Waals surface area contributed by atoms with Crippen molar-refractivity contribution in [3.63, 3.8) is 0 Å². The monoisotopic (exact) mass is 386 g/mol. The van der Waals surface area contributed by atoms with E-state index in [2.05, 4.69) is 21.2 Å². The summed E-state index contributed by atoms with van der Waals surface area (Å²) < 4.78 is 0. The molecule has 6 nitrogen and oxygen atoms in total. The molecule has 1 saturated heterocycles. The number of nitrogens with zero attached hydrogens (tertiary/aromatic N) is 1. The molecule has 2 amide bonds. The summed E-state index contributed by atoms with van der Waals surface area (Å²) in [6.45, 7) is 0.272. The Morgan fingerprint density at radius 3 is 2.21 bits per heavy atom. The summed E-state index contributed by atoms with van der Waals surface area (Å²) in [4.78, 5) is 30.1. The van der Waals surface area contributed by atoms with Gasteiger partial charge in [0, 0.05) is 12.1 Å². The van der Waals surface area contributed by atoms with E-state index < -0.39 is 5.92 Å². The van der Waals surface area contributed by atoms with E-state index >= 15 is 0 Å². The van der Waals surface area contributed by atoms with Crippen LogP contribution in [0.4, 0.5) is 0 Å². The summed E-state index contributed by atoms with van der Waals surface area (Å²) in [5, 5.41) is 2.88. The van der Waals surface area contributed by atoms with Gasteiger partial charge in [-0.3, -0.25) is 20.0 Å². The number of carbonyl (C=O) groups is 2. The number of carbonyl (C=O) groups excluding carboxylic acids is 2. The lowest BCUT2D eigenvalue weighted by Gasteiger charge is -2.38. The van der Waals surface area contributed by atoms with E-state index in [4.69, 9.17) is 0 Å². The van der Waals surface area contributed by atoms with Crippen LogP contribution in [0.1, 0.15) is 28.8 Å². The highest BCUT2D eigenvalue weighted by Crippen LogP contribution is 2.39. The molecule has 0 saturated carbocycles. The first kappa shape index (κ1) is 18.8. The summed E-state index contributed by atoms with van der Waals surface area (Å²) >= 11 is 0. The number of hydrogen-bond acceptors (Lipinski definition) is 4. The average Bonchev–Trinajstić information content (AvgIpc) is 2.79. The van der Waals surface area contributed by atoms with Gasteiger partial charge < -0.3 is 5.32 Å². The molecule has 4 rings (SSSR count). The molecule has 146 valence electrons. The second kappa shape index (κ2) is 8.67. The van der Waals surface area contributed by atoms with E-state index in [-0.39, 0.29) is 30.3 Å². The Bertz CT molecular complexity index is 964. The number of rotatable bonds is 5. The molecule has 3 N–H and O–H groups in total. The lowest BCUT2D eigenvalue weighted by molar-refractivity contribution is -0.140. The van der Waals surface area contributed by atoms with E-state index in [1.807, 2.05) is 78.9 Å². The molecule has 1 aliphatic heterocycles. The molecule has 0 radical (unpaired) electrons. The molecule has 6 heteroatoms. The number of aromatic nitrogens is 1. The molecule has 0 spiro atoms. The standard InChI is InChI=1S/C23H22N4O2/c28-22(25-15-18-13-7-8-14-24-18)20-19(16-9-3-1-4-10-16)21(26-27-23(20)29)17-11-5-2-6-12-17/h1-14,19-21,26H,15H2,(H,25,28)(H,27,29). The van der Waals surface area contributed by atoms with Crippen LogP contribution in [0, 0.1) is 5.92 Å². The minimum Gasteiger partial charge on any atom is -0.350 e. The zero-order chi connectivity index (χ0) is 20.1. The molecule has 29 heavy (non-hydrogen) atoms. The van der Waals surface area contributed by atoms with Gasteiger partial charge in [0.15, 0.2) is 0 Å². The van der Waals surface area contributed by atoms with Crippen molar-refractivity contribution in [2.75, 3.05) is 0 Å². The van der Waals surface area contributed by atoms with Crippen molar-refractivity contribution in [3.05, 3.63) is 102 Å². The minimum atomic E-state index is -0.868. The molecule has 2 heterocycles. The Balaban J connectivity index is 1.65. The molecule has 0 bridgehead atoms. The predicted molar refractivity (Wildman–Crippen MR) is 109 cm³/mol. The number of amides is 2. The van der Waals surface area contributed by atoms with Crippen molar-refractivity contribution in [1.29, 1.82) is 0 Å². The van der Waals surface area contributed by atoms with Crippen LogP contribution in [0.25, 0.3) is 0 Å². The first-order valence-corrected chi connectivity index (χ1v) is 9.57. The predicted octanol–water partition coefficient (Wildman–Crippen LogP) is 2.47. The Morgan fingerprint density at radius 2 is 1.55 bits per heavy atom. The molecule has 0 aliphatic carbocycles. The average molecular weight is 386 g/mol. The second-order valence-corrected chi connectivity index (χ2v) is 6.97. The summed E-state index contributed by atoms with van der Waals surface area (Å²) in [7, 11) is 0. The third-order valence-electron chi connectivity index (χ3n) is 5.15. The van der Waals surface area contributed by atoms with Gasteiger partial charge in [0.05, 0.1) is 18.3 Å². The summed E-state index contributed by atoms with van der Waals surface area (Å²) in [6.07, 6.45) is 1.68. The van der Waals surface area contributed by atoms with E-state index in [0.29, 0.717) is 0 Å². The normalized spacial score (nSPS) is 21.2. The molecule has 1 aliphatic rings. The van der Waals surface area contributed by atoms with Crippen LogP contribution < -0.4 is 16.2 Å². The maximum atomic E-state index is 13.1. The van der Waals surface area contributed by atoms with Gasteiger partial charge in [-0.2, -0.15) is 0 Å². The molecular weight excluding hydrogens is 364 g/mol. The fourth-order valence-electron chi connectivity index (χ4n) is 3.76. The fourth-order valence-corrected chi connectivity index (χ4v) is 3.76. The lowest BCUT2D eigenvalue weighted by Crippen LogP contribution is -2.57. The molecule has 3 atom stereocenters. The zero-order valence-corrected chi connectivity index (χ0v) is 15.8. The molecular formula is C23H22N4O2. The molecule has 2 aromatic carbocycles. The highest BCUT2D eigenvalue weighted by Gasteiger charge is 2.44. The fraction of sp³-hybridized carbons (Fsp3) is 0.174. The van der Waals surface area contributed by atoms with Crippen LogP contribution in [-0.4, -0.2) is 16.8 Å². The second-order valence-electron chi connectivity index (χ2n) is 6.97. The number of nitrogens with one attached hydrogen (secondary N) is 3. The first-order chi connectivity index (χ1) is 14.2. The van der Waals surface area contributed by atoms with Gasteiger partial charge in [-0.1, -0.05) is 66.7 Å². The number of hydrogen-bond donors (Lipinski definition) is 3. The van der Waals surface area contributed by atoms with Crippen molar-refractivity contribution in [3.8, 4) is 0 Å². The van der Waals surface area contributed by atoms with Gasteiger partial charge in [-0.25, -0.2) is 5.43 Å². The highest BCUT2D eigenvalue weighted by molar-refractivity contribution is 6.01. The summed E-state index contributed by atoms with van der Waals surface area (Å²) in [5.41, 5.74) is 8.47. The van der Waals surface area contributed by atoms with Crippen LogP contribution in [0.2, 0.25) is 0 Å². The van der Waals surface area contributed by atoms with Gasteiger partial charge in [-0.15, -0.1) is 0 Å². The third-order valence-corrected chi connectivity index (χ3v) is 5.15. The largest absolute Gasteiger partial charge is 0.350 e. The smallest absolute Gasteiger partial charge is 0.247 e. The summed E-state index contributed by atoms with van der Waals surface area (Å²) in [6, 6.07) is 24.8. The maximum Gasteiger partial charge on any atom is 0.247 e. The van der Waals surface area contributed by atoms with E-state index in [1.54, 1.807) is 6.20 Å². The Kier molecular flexibility index (Phi) is 5.63. The molecule has 1 aromatic heterocycles. The van der Waals surface area contributed by atoms with Crippen LogP contribution in [0.5, 0.6) is 0 Å². The lowest BCUT2D eigenvalue weighted by atomic mass is 9.76. The topological polar surface area (TPSA) is 83.1 Å². The third kappa shape index (κ3) is 4.17. The first-order valence-electron chi connectivity index (χ1n) is 9.57. The maximum absolute atomic E-state index is 13.1. The van der Waals surface area contributed by atoms with Crippen LogP contribution in [-0.2, 0) is 16.1 Å². The molecule has 3 unspecified atom stereocenters. The summed E-state index contributed by atoms with van der Waals surface area (Å²) in [5.74, 6) is -1.88. The van der Waals surface area contributed by atoms with Crippen molar-refractivity contribution < 1.29 is 9.59 Å². The number of hydrazine groups is 1. The van der Waals surface area contributed by atoms with Crippen LogP contribution >= 0.6 is 0 Å². The van der Waals surface area contributed by atoms with Gasteiger partial charge in [0.25, 0.3) is 0 Å². The van der Waals surface area contributed by atoms with Gasteiger partial charge in [-0.05, 0) is 23.3 Å². The van der Waals surface area contributed by atoms with E-state index in [0.717, 1.165) is 16.8 Å². The Labute approximate surface area is 169 Å². The van der Waals surface area contributed by atoms with Crippen molar-refractivity contribution >= 4 is 11.8 Å². The van der Waals surface area contributed by atoms with E-state index in [1.165, 1.54) is 0 Å². The van der Waals surface area contributed by atoms with E-state index in [9.17, 15) is 9.59 Å². The number of pyridine rings is 1.